The first-order valence-electron chi connectivity index (χ1n) is 10.9. The minimum absolute atomic E-state index is 0.0114. The lowest BCUT2D eigenvalue weighted by Gasteiger charge is -2.04. The molecule has 0 atom stereocenters. The van der Waals surface area contributed by atoms with Crippen molar-refractivity contribution in [1.82, 2.24) is 0 Å². The molecule has 0 aliphatic carbocycles. The van der Waals surface area contributed by atoms with Crippen LogP contribution in [-0.2, 0) is 9.53 Å². The molecule has 0 aliphatic heterocycles. The molecule has 0 aromatic rings. The summed E-state index contributed by atoms with van der Waals surface area (Å²) in [7, 11) is 0. The minimum atomic E-state index is -0.0114. The van der Waals surface area contributed by atoms with Crippen LogP contribution in [0.2, 0.25) is 0 Å². The molecule has 0 heterocycles. The lowest BCUT2D eigenvalue weighted by atomic mass is 10.1. The number of carbonyl (C=O) groups is 1. The lowest BCUT2D eigenvalue weighted by molar-refractivity contribution is -0.143. The second-order valence-corrected chi connectivity index (χ2v) is 6.88. The van der Waals surface area contributed by atoms with Crippen molar-refractivity contribution in [2.75, 3.05) is 6.61 Å². The Bertz CT molecular complexity index is 380. The van der Waals surface area contributed by atoms with Crippen LogP contribution >= 0.6 is 0 Å². The molecule has 0 spiro atoms. The smallest absolute Gasteiger partial charge is 0.305 e. The van der Waals surface area contributed by atoms with Crippen LogP contribution in [0, 0.1) is 0 Å². The van der Waals surface area contributed by atoms with Crippen molar-refractivity contribution in [3.63, 3.8) is 0 Å². The average molecular weight is 363 g/mol. The first-order chi connectivity index (χ1) is 12.8. The number of ether oxygens (including phenoxy) is 1. The van der Waals surface area contributed by atoms with Crippen LogP contribution in [0.25, 0.3) is 0 Å². The molecule has 0 unspecified atom stereocenters. The summed E-state index contributed by atoms with van der Waals surface area (Å²) in [6, 6.07) is 0. The topological polar surface area (TPSA) is 26.3 Å². The molecule has 0 saturated carbocycles. The van der Waals surface area contributed by atoms with Crippen molar-refractivity contribution < 1.29 is 9.53 Å². The van der Waals surface area contributed by atoms with E-state index >= 15 is 0 Å². The number of rotatable bonds is 18. The molecule has 2 nitrogen and oxygen atoms in total. The fourth-order valence-electron chi connectivity index (χ4n) is 2.68. The van der Waals surface area contributed by atoms with Gasteiger partial charge in [0.05, 0.1) is 6.61 Å². The number of esters is 1. The van der Waals surface area contributed by atoms with E-state index in [4.69, 9.17) is 4.74 Å². The van der Waals surface area contributed by atoms with E-state index in [1.807, 2.05) is 0 Å². The van der Waals surface area contributed by atoms with Crippen molar-refractivity contribution in [1.29, 1.82) is 0 Å². The van der Waals surface area contributed by atoms with Gasteiger partial charge >= 0.3 is 5.97 Å². The quantitative estimate of drug-likeness (QED) is 0.142. The third kappa shape index (κ3) is 20.7. The van der Waals surface area contributed by atoms with Crippen LogP contribution in [0.3, 0.4) is 0 Å². The van der Waals surface area contributed by atoms with Crippen LogP contribution in [-0.4, -0.2) is 12.6 Å². The molecule has 0 fully saturated rings. The van der Waals surface area contributed by atoms with Gasteiger partial charge in [-0.3, -0.25) is 4.79 Å². The van der Waals surface area contributed by atoms with Crippen molar-refractivity contribution in [3.05, 3.63) is 36.5 Å². The van der Waals surface area contributed by atoms with E-state index in [0.717, 1.165) is 38.5 Å². The van der Waals surface area contributed by atoms with Gasteiger partial charge in [-0.25, -0.2) is 0 Å². The molecule has 0 radical (unpaired) electrons. The van der Waals surface area contributed by atoms with Gasteiger partial charge in [-0.2, -0.15) is 0 Å². The summed E-state index contributed by atoms with van der Waals surface area (Å²) in [4.78, 5) is 11.6. The first-order valence-corrected chi connectivity index (χ1v) is 10.9. The third-order valence-electron chi connectivity index (χ3n) is 4.29. The van der Waals surface area contributed by atoms with Gasteiger partial charge in [0, 0.05) is 6.42 Å². The summed E-state index contributed by atoms with van der Waals surface area (Å²) in [5.41, 5.74) is 0. The van der Waals surface area contributed by atoms with Gasteiger partial charge in [-0.15, -0.1) is 0 Å². The highest BCUT2D eigenvalue weighted by molar-refractivity contribution is 5.69. The van der Waals surface area contributed by atoms with Gasteiger partial charge in [-0.05, 0) is 44.9 Å². The van der Waals surface area contributed by atoms with Crippen molar-refractivity contribution in [2.24, 2.45) is 0 Å². The van der Waals surface area contributed by atoms with Crippen molar-refractivity contribution in [3.8, 4) is 0 Å². The maximum atomic E-state index is 11.6. The zero-order valence-corrected chi connectivity index (χ0v) is 17.4. The number of hydrogen-bond donors (Lipinski definition) is 0. The first kappa shape index (κ1) is 24.7. The van der Waals surface area contributed by atoms with Gasteiger partial charge in [-0.1, -0.05) is 88.8 Å². The fraction of sp³-hybridized carbons (Fsp3) is 0.708. The van der Waals surface area contributed by atoms with E-state index < -0.39 is 0 Å². The van der Waals surface area contributed by atoms with Gasteiger partial charge in [0.2, 0.25) is 0 Å². The summed E-state index contributed by atoms with van der Waals surface area (Å²) >= 11 is 0. The zero-order valence-electron chi connectivity index (χ0n) is 17.4. The SMILES string of the molecule is CCC=CCC=CCC=CCCCCCCCC(=O)OCCCCCC. The maximum absolute atomic E-state index is 11.6. The highest BCUT2D eigenvalue weighted by Gasteiger charge is 2.02. The van der Waals surface area contributed by atoms with Crippen LogP contribution in [0.15, 0.2) is 36.5 Å². The molecule has 2 heteroatoms. The summed E-state index contributed by atoms with van der Waals surface area (Å²) in [6.07, 6.45) is 28.9. The van der Waals surface area contributed by atoms with Crippen molar-refractivity contribution in [2.45, 2.75) is 104 Å². The second-order valence-electron chi connectivity index (χ2n) is 6.88. The Hall–Kier alpha value is -1.31. The van der Waals surface area contributed by atoms with E-state index in [0.29, 0.717) is 13.0 Å². The summed E-state index contributed by atoms with van der Waals surface area (Å²) in [5, 5.41) is 0. The molecule has 0 saturated heterocycles. The highest BCUT2D eigenvalue weighted by atomic mass is 16.5. The number of hydrogen-bond acceptors (Lipinski definition) is 2. The zero-order chi connectivity index (χ0) is 19.1. The molecule has 0 amide bonds. The van der Waals surface area contributed by atoms with E-state index in [-0.39, 0.29) is 5.97 Å². The summed E-state index contributed by atoms with van der Waals surface area (Å²) in [5.74, 6) is -0.0114. The number of carbonyl (C=O) groups excluding carboxylic acids is 1. The Morgan fingerprint density at radius 1 is 0.692 bits per heavy atom. The fourth-order valence-corrected chi connectivity index (χ4v) is 2.68. The lowest BCUT2D eigenvalue weighted by Crippen LogP contribution is -2.05. The molecule has 26 heavy (non-hydrogen) atoms. The molecule has 0 rings (SSSR count). The largest absolute Gasteiger partial charge is 0.466 e. The van der Waals surface area contributed by atoms with E-state index in [1.54, 1.807) is 0 Å². The minimum Gasteiger partial charge on any atom is -0.466 e. The highest BCUT2D eigenvalue weighted by Crippen LogP contribution is 2.09. The Kier molecular flexibility index (Phi) is 20.6. The standard InChI is InChI=1S/C24H42O2/c1-3-5-7-9-10-11-12-13-14-15-16-17-18-19-20-22-24(25)26-23-21-8-6-4-2/h5,7,10-11,13-14H,3-4,6,8-9,12,15-23H2,1-2H3. The Labute approximate surface area is 162 Å². The molecule has 0 N–H and O–H groups in total. The van der Waals surface area contributed by atoms with Gasteiger partial charge < -0.3 is 4.74 Å². The predicted octanol–water partition coefficient (Wildman–Crippen LogP) is 7.70. The number of allylic oxidation sites excluding steroid dienone is 6. The molecular formula is C24H42O2. The van der Waals surface area contributed by atoms with Crippen molar-refractivity contribution >= 4 is 5.97 Å². The van der Waals surface area contributed by atoms with E-state index in [2.05, 4.69) is 50.3 Å². The summed E-state index contributed by atoms with van der Waals surface area (Å²) < 4.78 is 5.25. The molecule has 0 bridgehead atoms. The normalized spacial score (nSPS) is 11.9. The molecule has 0 aromatic carbocycles. The van der Waals surface area contributed by atoms with Crippen LogP contribution in [0.1, 0.15) is 104 Å². The average Bonchev–Trinajstić information content (AvgIpc) is 2.64. The van der Waals surface area contributed by atoms with Gasteiger partial charge in [0.15, 0.2) is 0 Å². The van der Waals surface area contributed by atoms with Crippen LogP contribution in [0.5, 0.6) is 0 Å². The molecule has 0 aromatic heterocycles. The third-order valence-corrected chi connectivity index (χ3v) is 4.29. The van der Waals surface area contributed by atoms with Crippen LogP contribution in [0.4, 0.5) is 0 Å². The maximum Gasteiger partial charge on any atom is 0.305 e. The Balaban J connectivity index is 3.29. The second kappa shape index (κ2) is 21.7. The molecule has 150 valence electrons. The predicted molar refractivity (Wildman–Crippen MR) is 114 cm³/mol. The van der Waals surface area contributed by atoms with Crippen LogP contribution < -0.4 is 0 Å². The monoisotopic (exact) mass is 362 g/mol. The van der Waals surface area contributed by atoms with Gasteiger partial charge in [0.25, 0.3) is 0 Å². The summed E-state index contributed by atoms with van der Waals surface area (Å²) in [6.45, 7) is 4.96. The van der Waals surface area contributed by atoms with Gasteiger partial charge in [0.1, 0.15) is 0 Å². The van der Waals surface area contributed by atoms with E-state index in [1.165, 1.54) is 44.9 Å². The Morgan fingerprint density at radius 2 is 1.31 bits per heavy atom. The Morgan fingerprint density at radius 3 is 2.04 bits per heavy atom. The number of unbranched alkanes of at least 4 members (excludes halogenated alkanes) is 8. The molecular weight excluding hydrogens is 320 g/mol. The molecule has 0 aliphatic rings. The van der Waals surface area contributed by atoms with E-state index in [9.17, 15) is 4.79 Å².